The molecule has 8 nitrogen and oxygen atoms in total. The fourth-order valence-electron chi connectivity index (χ4n) is 2.18. The highest BCUT2D eigenvalue weighted by atomic mass is 16.5. The van der Waals surface area contributed by atoms with Crippen molar-refractivity contribution in [3.8, 4) is 0 Å². The largest absolute Gasteiger partial charge is 0.445 e. The second-order valence-corrected chi connectivity index (χ2v) is 5.25. The third kappa shape index (κ3) is 4.63. The summed E-state index contributed by atoms with van der Waals surface area (Å²) < 4.78 is 4.97. The van der Waals surface area contributed by atoms with Gasteiger partial charge in [0.25, 0.3) is 5.91 Å². The van der Waals surface area contributed by atoms with Gasteiger partial charge in [0.15, 0.2) is 0 Å². The summed E-state index contributed by atoms with van der Waals surface area (Å²) >= 11 is 0. The molecule has 2 N–H and O–H groups in total. The lowest BCUT2D eigenvalue weighted by atomic mass is 10.2. The van der Waals surface area contributed by atoms with E-state index in [1.54, 1.807) is 12.1 Å². The number of amides is 4. The number of aliphatic hydroxyl groups is 1. The summed E-state index contributed by atoms with van der Waals surface area (Å²) in [4.78, 5) is 46.7. The standard InChI is InChI=1S/C16H18N2O6/c19-12(15(22)18-13(20)6-7-14(18)21)8-9-17-16(23)24-10-11-4-2-1-3-5-11/h1-5,12,19H,6-10H2,(H,17,23). The maximum Gasteiger partial charge on any atom is 0.407 e. The third-order valence-corrected chi connectivity index (χ3v) is 3.46. The Morgan fingerprint density at radius 2 is 1.79 bits per heavy atom. The predicted molar refractivity (Wildman–Crippen MR) is 81.3 cm³/mol. The summed E-state index contributed by atoms with van der Waals surface area (Å²) in [6.07, 6.45) is -2.41. The molecule has 1 atom stereocenters. The van der Waals surface area contributed by atoms with Crippen LogP contribution < -0.4 is 5.32 Å². The Balaban J connectivity index is 1.69. The molecule has 0 radical (unpaired) electrons. The number of nitrogens with one attached hydrogen (secondary N) is 1. The first kappa shape index (κ1) is 17.6. The first-order valence-corrected chi connectivity index (χ1v) is 7.51. The molecule has 2 rings (SSSR count). The third-order valence-electron chi connectivity index (χ3n) is 3.46. The molecule has 1 aromatic rings. The molecule has 128 valence electrons. The van der Waals surface area contributed by atoms with E-state index >= 15 is 0 Å². The van der Waals surface area contributed by atoms with Gasteiger partial charge in [-0.05, 0) is 12.0 Å². The van der Waals surface area contributed by atoms with Crippen molar-refractivity contribution in [2.45, 2.75) is 32.0 Å². The molecule has 0 spiro atoms. The van der Waals surface area contributed by atoms with E-state index < -0.39 is 29.9 Å². The molecule has 0 aromatic heterocycles. The van der Waals surface area contributed by atoms with Gasteiger partial charge in [-0.1, -0.05) is 30.3 Å². The van der Waals surface area contributed by atoms with Gasteiger partial charge in [-0.15, -0.1) is 0 Å². The van der Waals surface area contributed by atoms with Crippen molar-refractivity contribution in [1.29, 1.82) is 0 Å². The number of rotatable bonds is 6. The van der Waals surface area contributed by atoms with E-state index in [0.29, 0.717) is 4.90 Å². The van der Waals surface area contributed by atoms with Crippen molar-refractivity contribution in [3.63, 3.8) is 0 Å². The van der Waals surface area contributed by atoms with E-state index in [0.717, 1.165) is 5.56 Å². The zero-order valence-electron chi connectivity index (χ0n) is 12.9. The number of alkyl carbamates (subject to hydrolysis) is 1. The predicted octanol–water partition coefficient (Wildman–Crippen LogP) is 0.339. The Labute approximate surface area is 138 Å². The van der Waals surface area contributed by atoms with Crippen molar-refractivity contribution >= 4 is 23.8 Å². The Hall–Kier alpha value is -2.74. The summed E-state index contributed by atoms with van der Waals surface area (Å²) in [5.41, 5.74) is 0.828. The highest BCUT2D eigenvalue weighted by Gasteiger charge is 2.37. The highest BCUT2D eigenvalue weighted by Crippen LogP contribution is 2.14. The molecule has 0 bridgehead atoms. The minimum Gasteiger partial charge on any atom is -0.445 e. The molecule has 0 aliphatic carbocycles. The smallest absolute Gasteiger partial charge is 0.407 e. The summed E-state index contributed by atoms with van der Waals surface area (Å²) in [5, 5.41) is 12.1. The van der Waals surface area contributed by atoms with Crippen molar-refractivity contribution < 1.29 is 29.0 Å². The van der Waals surface area contributed by atoms with Crippen molar-refractivity contribution in [2.75, 3.05) is 6.54 Å². The fourth-order valence-corrected chi connectivity index (χ4v) is 2.18. The molecular weight excluding hydrogens is 316 g/mol. The van der Waals surface area contributed by atoms with Crippen LogP contribution in [0.4, 0.5) is 4.79 Å². The van der Waals surface area contributed by atoms with Crippen LogP contribution in [-0.2, 0) is 25.7 Å². The Morgan fingerprint density at radius 1 is 1.17 bits per heavy atom. The number of carbonyl (C=O) groups is 4. The summed E-state index contributed by atoms with van der Waals surface area (Å²) in [6, 6.07) is 9.09. The van der Waals surface area contributed by atoms with Crippen molar-refractivity contribution in [2.24, 2.45) is 0 Å². The molecule has 8 heteroatoms. The maximum atomic E-state index is 11.8. The van der Waals surface area contributed by atoms with Crippen LogP contribution >= 0.6 is 0 Å². The van der Waals surface area contributed by atoms with Gasteiger partial charge in [0.1, 0.15) is 12.7 Å². The van der Waals surface area contributed by atoms with Gasteiger partial charge in [0.2, 0.25) is 11.8 Å². The SMILES string of the molecule is O=C(NCCC(O)C(=O)N1C(=O)CCC1=O)OCc1ccccc1. The second-order valence-electron chi connectivity index (χ2n) is 5.25. The monoisotopic (exact) mass is 334 g/mol. The first-order valence-electron chi connectivity index (χ1n) is 7.51. The lowest BCUT2D eigenvalue weighted by Gasteiger charge is -2.16. The quantitative estimate of drug-likeness (QED) is 0.725. The number of hydrogen-bond donors (Lipinski definition) is 2. The van der Waals surface area contributed by atoms with Crippen LogP contribution in [0.5, 0.6) is 0 Å². The van der Waals surface area contributed by atoms with Crippen LogP contribution in [0.2, 0.25) is 0 Å². The van der Waals surface area contributed by atoms with Gasteiger partial charge in [-0.3, -0.25) is 14.4 Å². The number of aliphatic hydroxyl groups excluding tert-OH is 1. The maximum absolute atomic E-state index is 11.8. The number of carbonyl (C=O) groups excluding carboxylic acids is 4. The Bertz CT molecular complexity index is 615. The topological polar surface area (TPSA) is 113 Å². The van der Waals surface area contributed by atoms with Gasteiger partial charge < -0.3 is 15.2 Å². The van der Waals surface area contributed by atoms with Crippen LogP contribution in [0.25, 0.3) is 0 Å². The second kappa shape index (κ2) is 8.21. The number of benzene rings is 1. The van der Waals surface area contributed by atoms with E-state index in [-0.39, 0.29) is 32.4 Å². The number of hydrogen-bond acceptors (Lipinski definition) is 6. The molecule has 24 heavy (non-hydrogen) atoms. The van der Waals surface area contributed by atoms with Crippen LogP contribution in [0.3, 0.4) is 0 Å². The number of likely N-dealkylation sites (tertiary alicyclic amines) is 1. The van der Waals surface area contributed by atoms with Crippen LogP contribution in [0.1, 0.15) is 24.8 Å². The van der Waals surface area contributed by atoms with Crippen molar-refractivity contribution in [1.82, 2.24) is 10.2 Å². The average molecular weight is 334 g/mol. The van der Waals surface area contributed by atoms with Crippen LogP contribution in [0.15, 0.2) is 30.3 Å². The molecular formula is C16H18N2O6. The molecule has 1 unspecified atom stereocenters. The highest BCUT2D eigenvalue weighted by molar-refractivity contribution is 6.15. The van der Waals surface area contributed by atoms with E-state index in [2.05, 4.69) is 5.32 Å². The zero-order chi connectivity index (χ0) is 17.5. The number of imide groups is 3. The van der Waals surface area contributed by atoms with Crippen LogP contribution in [0, 0.1) is 0 Å². The van der Waals surface area contributed by atoms with E-state index in [1.807, 2.05) is 18.2 Å². The van der Waals surface area contributed by atoms with Gasteiger partial charge >= 0.3 is 6.09 Å². The Morgan fingerprint density at radius 3 is 2.42 bits per heavy atom. The molecule has 1 heterocycles. The summed E-state index contributed by atoms with van der Waals surface area (Å²) in [7, 11) is 0. The van der Waals surface area contributed by atoms with E-state index in [4.69, 9.17) is 4.74 Å². The van der Waals surface area contributed by atoms with Crippen molar-refractivity contribution in [3.05, 3.63) is 35.9 Å². The van der Waals surface area contributed by atoms with Crippen LogP contribution in [-0.4, -0.2) is 46.5 Å². The molecule has 4 amide bonds. The summed E-state index contributed by atoms with van der Waals surface area (Å²) in [6.45, 7) is 0.0711. The fraction of sp³-hybridized carbons (Fsp3) is 0.375. The zero-order valence-corrected chi connectivity index (χ0v) is 12.9. The minimum atomic E-state index is -1.54. The van der Waals surface area contributed by atoms with E-state index in [9.17, 15) is 24.3 Å². The van der Waals surface area contributed by atoms with Gasteiger partial charge in [-0.2, -0.15) is 0 Å². The molecule has 1 saturated heterocycles. The minimum absolute atomic E-state index is 0.0264. The Kier molecular flexibility index (Phi) is 6.02. The average Bonchev–Trinajstić information content (AvgIpc) is 2.91. The number of nitrogens with zero attached hydrogens (tertiary/aromatic N) is 1. The summed E-state index contributed by atoms with van der Waals surface area (Å²) in [5.74, 6) is -2.18. The van der Waals surface area contributed by atoms with E-state index in [1.165, 1.54) is 0 Å². The van der Waals surface area contributed by atoms with Gasteiger partial charge in [0.05, 0.1) is 0 Å². The lowest BCUT2D eigenvalue weighted by molar-refractivity contribution is -0.154. The molecule has 1 aromatic carbocycles. The van der Waals surface area contributed by atoms with Gasteiger partial charge in [-0.25, -0.2) is 9.69 Å². The number of ether oxygens (including phenoxy) is 1. The molecule has 1 aliphatic heterocycles. The van der Waals surface area contributed by atoms with Gasteiger partial charge in [0, 0.05) is 19.4 Å². The normalized spacial score (nSPS) is 15.3. The molecule has 1 aliphatic rings. The lowest BCUT2D eigenvalue weighted by Crippen LogP contribution is -2.43. The molecule has 0 saturated carbocycles. The first-order chi connectivity index (χ1) is 11.5. The molecule has 1 fully saturated rings.